The highest BCUT2D eigenvalue weighted by atomic mass is 35.5. The second kappa shape index (κ2) is 8.73. The number of aryl methyl sites for hydroxylation is 1. The van der Waals surface area contributed by atoms with Crippen molar-refractivity contribution in [2.75, 3.05) is 26.2 Å². The smallest absolute Gasteiger partial charge is 0.258 e. The Kier molecular flexibility index (Phi) is 5.64. The maximum Gasteiger partial charge on any atom is 0.258 e. The van der Waals surface area contributed by atoms with Gasteiger partial charge in [0.2, 0.25) is 0 Å². The quantitative estimate of drug-likeness (QED) is 0.469. The number of fused-ring (bicyclic) bond motifs is 1. The van der Waals surface area contributed by atoms with E-state index in [1.54, 1.807) is 4.68 Å². The van der Waals surface area contributed by atoms with Gasteiger partial charge in [-0.05, 0) is 30.7 Å². The summed E-state index contributed by atoms with van der Waals surface area (Å²) in [6.45, 7) is 5.58. The van der Waals surface area contributed by atoms with Crippen molar-refractivity contribution in [1.82, 2.24) is 24.6 Å². The molecule has 0 atom stereocenters. The van der Waals surface area contributed by atoms with Crippen LogP contribution in [0.2, 0.25) is 5.15 Å². The average Bonchev–Trinajstić information content (AvgIpc) is 3.13. The highest BCUT2D eigenvalue weighted by molar-refractivity contribution is 6.33. The van der Waals surface area contributed by atoms with Crippen molar-refractivity contribution >= 4 is 28.4 Å². The third-order valence-corrected chi connectivity index (χ3v) is 6.34. The molecule has 0 unspecified atom stereocenters. The topological polar surface area (TPSA) is 54.3 Å². The molecule has 6 nitrogen and oxygen atoms in total. The summed E-state index contributed by atoms with van der Waals surface area (Å²) >= 11 is 6.61. The first-order chi connectivity index (χ1) is 15.6. The maximum absolute atomic E-state index is 13.3. The van der Waals surface area contributed by atoms with Gasteiger partial charge in [0, 0.05) is 44.3 Å². The number of piperazine rings is 1. The number of pyridine rings is 1. The molecule has 1 aliphatic heterocycles. The van der Waals surface area contributed by atoms with Crippen LogP contribution < -0.4 is 0 Å². The number of carbonyl (C=O) groups is 1. The third kappa shape index (κ3) is 3.87. The number of rotatable bonds is 4. The van der Waals surface area contributed by atoms with Crippen LogP contribution in [-0.2, 0) is 6.54 Å². The van der Waals surface area contributed by atoms with Crippen molar-refractivity contribution in [3.63, 3.8) is 0 Å². The molecule has 32 heavy (non-hydrogen) atoms. The molecule has 1 amide bonds. The second-order valence-electron chi connectivity index (χ2n) is 8.06. The average molecular weight is 446 g/mol. The van der Waals surface area contributed by atoms with Gasteiger partial charge in [-0.15, -0.1) is 0 Å². The van der Waals surface area contributed by atoms with Crippen molar-refractivity contribution in [3.8, 4) is 5.69 Å². The van der Waals surface area contributed by atoms with E-state index in [-0.39, 0.29) is 5.91 Å². The van der Waals surface area contributed by atoms with Crippen molar-refractivity contribution in [1.29, 1.82) is 0 Å². The number of halogens is 1. The van der Waals surface area contributed by atoms with E-state index in [1.165, 1.54) is 5.56 Å². The van der Waals surface area contributed by atoms with Crippen LogP contribution >= 0.6 is 11.6 Å². The fourth-order valence-electron chi connectivity index (χ4n) is 4.29. The SMILES string of the molecule is Cc1nn(-c2ccccc2)c(Cl)c1C(=O)N1CCN(Cc2cccc3cccnc23)CC1. The summed E-state index contributed by atoms with van der Waals surface area (Å²) in [5, 5.41) is 6.03. The van der Waals surface area contributed by atoms with Gasteiger partial charge in [-0.3, -0.25) is 14.7 Å². The van der Waals surface area contributed by atoms with Crippen LogP contribution in [0.4, 0.5) is 0 Å². The molecular weight excluding hydrogens is 422 g/mol. The Balaban J connectivity index is 1.29. The molecule has 1 saturated heterocycles. The largest absolute Gasteiger partial charge is 0.336 e. The van der Waals surface area contributed by atoms with Crippen molar-refractivity contribution in [2.24, 2.45) is 0 Å². The highest BCUT2D eigenvalue weighted by Crippen LogP contribution is 2.26. The molecule has 2 aromatic carbocycles. The van der Waals surface area contributed by atoms with Gasteiger partial charge >= 0.3 is 0 Å². The molecule has 5 rings (SSSR count). The highest BCUT2D eigenvalue weighted by Gasteiger charge is 2.28. The number of nitrogens with zero attached hydrogens (tertiary/aromatic N) is 5. The van der Waals surface area contributed by atoms with Crippen LogP contribution in [0.25, 0.3) is 16.6 Å². The minimum atomic E-state index is -0.0545. The van der Waals surface area contributed by atoms with E-state index >= 15 is 0 Å². The number of benzene rings is 2. The van der Waals surface area contributed by atoms with E-state index in [2.05, 4.69) is 39.2 Å². The van der Waals surface area contributed by atoms with Gasteiger partial charge in [0.15, 0.2) is 0 Å². The van der Waals surface area contributed by atoms with E-state index in [0.717, 1.165) is 36.2 Å². The molecule has 7 heteroatoms. The molecule has 3 heterocycles. The summed E-state index contributed by atoms with van der Waals surface area (Å²) < 4.78 is 1.63. The zero-order chi connectivity index (χ0) is 22.1. The Morgan fingerprint density at radius 2 is 1.72 bits per heavy atom. The third-order valence-electron chi connectivity index (χ3n) is 5.99. The Labute approximate surface area is 192 Å². The number of amides is 1. The molecule has 0 radical (unpaired) electrons. The molecule has 4 aromatic rings. The Hall–Kier alpha value is -3.22. The van der Waals surface area contributed by atoms with Crippen LogP contribution in [0.1, 0.15) is 21.6 Å². The van der Waals surface area contributed by atoms with Gasteiger partial charge in [-0.25, -0.2) is 4.68 Å². The Morgan fingerprint density at radius 3 is 2.50 bits per heavy atom. The lowest BCUT2D eigenvalue weighted by atomic mass is 10.1. The lowest BCUT2D eigenvalue weighted by Crippen LogP contribution is -2.48. The molecule has 0 aliphatic carbocycles. The molecule has 0 spiro atoms. The van der Waals surface area contributed by atoms with E-state index in [4.69, 9.17) is 11.6 Å². The number of hydrogen-bond acceptors (Lipinski definition) is 4. The first kappa shape index (κ1) is 20.7. The summed E-state index contributed by atoms with van der Waals surface area (Å²) in [6.07, 6.45) is 1.84. The number of hydrogen-bond donors (Lipinski definition) is 0. The molecular formula is C25H24ClN5O. The standard InChI is InChI=1S/C25H24ClN5O/c1-18-22(24(26)31(28-18)21-10-3-2-4-11-21)25(32)30-15-13-29(14-16-30)17-20-8-5-7-19-9-6-12-27-23(19)20/h2-12H,13-17H2,1H3. The van der Waals surface area contributed by atoms with Crippen LogP contribution in [0.5, 0.6) is 0 Å². The minimum Gasteiger partial charge on any atom is -0.336 e. The number of carbonyl (C=O) groups excluding carboxylic acids is 1. The van der Waals surface area contributed by atoms with Gasteiger partial charge < -0.3 is 4.90 Å². The Morgan fingerprint density at radius 1 is 0.969 bits per heavy atom. The number of para-hydroxylation sites is 2. The second-order valence-corrected chi connectivity index (χ2v) is 8.42. The van der Waals surface area contributed by atoms with Crippen molar-refractivity contribution in [2.45, 2.75) is 13.5 Å². The normalized spacial score (nSPS) is 14.8. The number of aromatic nitrogens is 3. The first-order valence-electron chi connectivity index (χ1n) is 10.8. The lowest BCUT2D eigenvalue weighted by molar-refractivity contribution is 0.0628. The molecule has 0 N–H and O–H groups in total. The fraction of sp³-hybridized carbons (Fsp3) is 0.240. The molecule has 1 fully saturated rings. The van der Waals surface area contributed by atoms with Crippen LogP contribution in [0.15, 0.2) is 66.9 Å². The van der Waals surface area contributed by atoms with Gasteiger partial charge in [0.05, 0.1) is 22.5 Å². The predicted octanol–water partition coefficient (Wildman–Crippen LogP) is 4.34. The van der Waals surface area contributed by atoms with E-state index < -0.39 is 0 Å². The molecule has 1 aliphatic rings. The predicted molar refractivity (Wildman–Crippen MR) is 126 cm³/mol. The van der Waals surface area contributed by atoms with Crippen molar-refractivity contribution in [3.05, 3.63) is 88.8 Å². The first-order valence-corrected chi connectivity index (χ1v) is 11.1. The summed E-state index contributed by atoms with van der Waals surface area (Å²) in [5.41, 5.74) is 4.23. The molecule has 2 aromatic heterocycles. The van der Waals surface area contributed by atoms with Crippen LogP contribution in [-0.4, -0.2) is 56.7 Å². The molecule has 162 valence electrons. The van der Waals surface area contributed by atoms with Gasteiger partial charge in [-0.2, -0.15) is 5.10 Å². The van der Waals surface area contributed by atoms with E-state index in [9.17, 15) is 4.79 Å². The fourth-order valence-corrected chi connectivity index (χ4v) is 4.64. The summed E-state index contributed by atoms with van der Waals surface area (Å²) in [6, 6.07) is 20.0. The molecule has 0 saturated carbocycles. The maximum atomic E-state index is 13.3. The lowest BCUT2D eigenvalue weighted by Gasteiger charge is -2.34. The minimum absolute atomic E-state index is 0.0545. The van der Waals surface area contributed by atoms with Gasteiger partial charge in [-0.1, -0.05) is 54.1 Å². The summed E-state index contributed by atoms with van der Waals surface area (Å²) in [7, 11) is 0. The summed E-state index contributed by atoms with van der Waals surface area (Å²) in [5.74, 6) is -0.0545. The van der Waals surface area contributed by atoms with Crippen molar-refractivity contribution < 1.29 is 4.79 Å². The molecule has 0 bridgehead atoms. The van der Waals surface area contributed by atoms with E-state index in [1.807, 2.05) is 54.4 Å². The zero-order valence-electron chi connectivity index (χ0n) is 17.9. The monoisotopic (exact) mass is 445 g/mol. The van der Waals surface area contributed by atoms with Gasteiger partial charge in [0.25, 0.3) is 5.91 Å². The zero-order valence-corrected chi connectivity index (χ0v) is 18.7. The van der Waals surface area contributed by atoms with E-state index in [0.29, 0.717) is 29.5 Å². The van der Waals surface area contributed by atoms with Crippen LogP contribution in [0, 0.1) is 6.92 Å². The van der Waals surface area contributed by atoms with Crippen LogP contribution in [0.3, 0.4) is 0 Å². The Bertz CT molecular complexity index is 1260. The van der Waals surface area contributed by atoms with Gasteiger partial charge in [0.1, 0.15) is 5.15 Å². The summed E-state index contributed by atoms with van der Waals surface area (Å²) in [4.78, 5) is 22.1.